The van der Waals surface area contributed by atoms with E-state index in [1.54, 1.807) is 0 Å². The van der Waals surface area contributed by atoms with E-state index in [1.165, 1.54) is 16.7 Å². The van der Waals surface area contributed by atoms with Gasteiger partial charge in [-0.3, -0.25) is 0 Å². The molecule has 19 heavy (non-hydrogen) atoms. The largest absolute Gasteiger partial charge is 0.113 e. The van der Waals surface area contributed by atoms with Crippen molar-refractivity contribution in [2.45, 2.75) is 26.1 Å². The Kier molecular flexibility index (Phi) is 4.75. The average Bonchev–Trinajstić information content (AvgIpc) is 2.36. The topological polar surface area (TPSA) is 0 Å². The monoisotopic (exact) mass is 400 g/mol. The lowest BCUT2D eigenvalue weighted by atomic mass is 9.96. The van der Waals surface area contributed by atoms with E-state index in [2.05, 4.69) is 83.0 Å². The molecule has 0 radical (unpaired) electrons. The highest BCUT2D eigenvalue weighted by Crippen LogP contribution is 2.38. The predicted molar refractivity (Wildman–Crippen MR) is 90.2 cm³/mol. The summed E-state index contributed by atoms with van der Waals surface area (Å²) in [6, 6.07) is 10.5. The zero-order valence-corrected chi connectivity index (χ0v) is 15.0. The number of halogens is 3. The van der Waals surface area contributed by atoms with Crippen molar-refractivity contribution in [2.75, 3.05) is 0 Å². The van der Waals surface area contributed by atoms with Crippen LogP contribution in [0.2, 0.25) is 0 Å². The normalized spacial score (nSPS) is 12.5. The summed E-state index contributed by atoms with van der Waals surface area (Å²) in [5.74, 6) is 0. The molecule has 2 aromatic rings. The first-order chi connectivity index (χ1) is 8.91. The summed E-state index contributed by atoms with van der Waals surface area (Å²) in [6.07, 6.45) is 0. The number of aryl methyl sites for hydroxylation is 2. The number of hydrogen-bond acceptors (Lipinski definition) is 0. The Morgan fingerprint density at radius 3 is 2.26 bits per heavy atom. The lowest BCUT2D eigenvalue weighted by Crippen LogP contribution is -1.99. The highest BCUT2D eigenvalue weighted by atomic mass is 79.9. The smallest absolute Gasteiger partial charge is 0.0849 e. The SMILES string of the molecule is Cc1cc(Br)c(C(Cl)c2cccc(C)c2C)cc1Br. The van der Waals surface area contributed by atoms with Crippen molar-refractivity contribution in [3.8, 4) is 0 Å². The number of alkyl halides is 1. The van der Waals surface area contributed by atoms with Crippen LogP contribution >= 0.6 is 43.5 Å². The summed E-state index contributed by atoms with van der Waals surface area (Å²) in [4.78, 5) is 0. The van der Waals surface area contributed by atoms with E-state index in [9.17, 15) is 0 Å². The van der Waals surface area contributed by atoms with Crippen LogP contribution in [0.4, 0.5) is 0 Å². The molecule has 0 amide bonds. The molecule has 0 bridgehead atoms. The van der Waals surface area contributed by atoms with Gasteiger partial charge in [0.1, 0.15) is 0 Å². The molecule has 0 N–H and O–H groups in total. The molecule has 0 saturated heterocycles. The van der Waals surface area contributed by atoms with Gasteiger partial charge in [-0.25, -0.2) is 0 Å². The minimum atomic E-state index is -0.147. The molecule has 0 saturated carbocycles. The Balaban J connectivity index is 2.53. The van der Waals surface area contributed by atoms with Gasteiger partial charge in [0, 0.05) is 8.95 Å². The standard InChI is InChI=1S/C16H15Br2Cl/c1-9-5-4-6-12(11(9)3)16(19)13-8-14(17)10(2)7-15(13)18/h4-8,16H,1-3H3. The van der Waals surface area contributed by atoms with Gasteiger partial charge in [0.25, 0.3) is 0 Å². The maximum absolute atomic E-state index is 6.69. The quantitative estimate of drug-likeness (QED) is 0.505. The molecule has 2 rings (SSSR count). The van der Waals surface area contributed by atoms with Crippen LogP contribution in [0.1, 0.15) is 33.2 Å². The number of benzene rings is 2. The first-order valence-corrected chi connectivity index (χ1v) is 8.09. The maximum Gasteiger partial charge on any atom is 0.0849 e. The van der Waals surface area contributed by atoms with E-state index in [-0.39, 0.29) is 5.38 Å². The third-order valence-electron chi connectivity index (χ3n) is 3.47. The van der Waals surface area contributed by atoms with Gasteiger partial charge in [0.05, 0.1) is 5.38 Å². The summed E-state index contributed by atoms with van der Waals surface area (Å²) in [5.41, 5.74) is 5.97. The minimum absolute atomic E-state index is 0.147. The summed E-state index contributed by atoms with van der Waals surface area (Å²) in [5, 5.41) is -0.147. The van der Waals surface area contributed by atoms with E-state index < -0.39 is 0 Å². The molecule has 1 atom stereocenters. The zero-order valence-electron chi connectivity index (χ0n) is 11.1. The predicted octanol–water partition coefficient (Wildman–Crippen LogP) is 6.47. The van der Waals surface area contributed by atoms with Crippen molar-refractivity contribution in [2.24, 2.45) is 0 Å². The Bertz CT molecular complexity index is 620. The van der Waals surface area contributed by atoms with Gasteiger partial charge in [-0.15, -0.1) is 11.6 Å². The van der Waals surface area contributed by atoms with Crippen LogP contribution in [0.25, 0.3) is 0 Å². The molecule has 0 aliphatic carbocycles. The molecular weight excluding hydrogens is 387 g/mol. The summed E-state index contributed by atoms with van der Waals surface area (Å²) >= 11 is 13.9. The van der Waals surface area contributed by atoms with E-state index >= 15 is 0 Å². The summed E-state index contributed by atoms with van der Waals surface area (Å²) in [6.45, 7) is 6.31. The maximum atomic E-state index is 6.69. The van der Waals surface area contributed by atoms with Crippen LogP contribution < -0.4 is 0 Å². The molecule has 100 valence electrons. The Hall–Kier alpha value is -0.310. The van der Waals surface area contributed by atoms with Gasteiger partial charge in [0.15, 0.2) is 0 Å². The molecule has 0 spiro atoms. The molecular formula is C16H15Br2Cl. The second kappa shape index (κ2) is 5.99. The van der Waals surface area contributed by atoms with Crippen molar-refractivity contribution in [1.29, 1.82) is 0 Å². The van der Waals surface area contributed by atoms with E-state index in [0.717, 1.165) is 20.1 Å². The Morgan fingerprint density at radius 2 is 1.58 bits per heavy atom. The van der Waals surface area contributed by atoms with Crippen molar-refractivity contribution >= 4 is 43.5 Å². The zero-order chi connectivity index (χ0) is 14.2. The third-order valence-corrected chi connectivity index (χ3v) is 5.48. The van der Waals surface area contributed by atoms with Crippen LogP contribution in [0, 0.1) is 20.8 Å². The first-order valence-electron chi connectivity index (χ1n) is 6.07. The molecule has 2 aromatic carbocycles. The van der Waals surface area contributed by atoms with E-state index in [1.807, 2.05) is 0 Å². The number of hydrogen-bond donors (Lipinski definition) is 0. The van der Waals surface area contributed by atoms with Crippen molar-refractivity contribution in [3.63, 3.8) is 0 Å². The third kappa shape index (κ3) is 3.07. The molecule has 0 fully saturated rings. The van der Waals surface area contributed by atoms with Gasteiger partial charge in [-0.2, -0.15) is 0 Å². The van der Waals surface area contributed by atoms with Gasteiger partial charge in [-0.05, 0) is 60.7 Å². The molecule has 0 aliphatic rings. The van der Waals surface area contributed by atoms with Crippen molar-refractivity contribution < 1.29 is 0 Å². The highest BCUT2D eigenvalue weighted by Gasteiger charge is 2.17. The summed E-state index contributed by atoms with van der Waals surface area (Å²) in [7, 11) is 0. The highest BCUT2D eigenvalue weighted by molar-refractivity contribution is 9.11. The molecule has 0 heterocycles. The number of rotatable bonds is 2. The van der Waals surface area contributed by atoms with Crippen LogP contribution in [0.5, 0.6) is 0 Å². The molecule has 0 aliphatic heterocycles. The Morgan fingerprint density at radius 1 is 0.895 bits per heavy atom. The second-order valence-electron chi connectivity index (χ2n) is 4.77. The van der Waals surface area contributed by atoms with E-state index in [4.69, 9.17) is 11.6 Å². The van der Waals surface area contributed by atoms with Crippen molar-refractivity contribution in [1.82, 2.24) is 0 Å². The lowest BCUT2D eigenvalue weighted by Gasteiger charge is -2.17. The molecule has 3 heteroatoms. The van der Waals surface area contributed by atoms with Crippen LogP contribution in [0.15, 0.2) is 39.3 Å². The average molecular weight is 403 g/mol. The Labute approximate surface area is 136 Å². The van der Waals surface area contributed by atoms with Gasteiger partial charge >= 0.3 is 0 Å². The second-order valence-corrected chi connectivity index (χ2v) is 6.92. The van der Waals surface area contributed by atoms with Gasteiger partial charge in [-0.1, -0.05) is 50.1 Å². The van der Waals surface area contributed by atoms with Crippen LogP contribution in [0.3, 0.4) is 0 Å². The fourth-order valence-corrected chi connectivity index (χ4v) is 3.67. The molecule has 0 aromatic heterocycles. The minimum Gasteiger partial charge on any atom is -0.113 e. The summed E-state index contributed by atoms with van der Waals surface area (Å²) < 4.78 is 2.13. The van der Waals surface area contributed by atoms with Crippen LogP contribution in [-0.4, -0.2) is 0 Å². The lowest BCUT2D eigenvalue weighted by molar-refractivity contribution is 1.08. The fourth-order valence-electron chi connectivity index (χ4n) is 2.07. The van der Waals surface area contributed by atoms with Gasteiger partial charge in [0.2, 0.25) is 0 Å². The fraction of sp³-hybridized carbons (Fsp3) is 0.250. The van der Waals surface area contributed by atoms with Gasteiger partial charge < -0.3 is 0 Å². The first kappa shape index (κ1) is 15.1. The van der Waals surface area contributed by atoms with Crippen molar-refractivity contribution in [3.05, 3.63) is 67.1 Å². The van der Waals surface area contributed by atoms with Crippen LogP contribution in [-0.2, 0) is 0 Å². The molecule has 0 nitrogen and oxygen atoms in total. The molecule has 1 unspecified atom stereocenters. The van der Waals surface area contributed by atoms with E-state index in [0.29, 0.717) is 0 Å².